The molecular formula is C8H12N2O3. The van der Waals surface area contributed by atoms with Crippen LogP contribution in [0.2, 0.25) is 0 Å². The average Bonchev–Trinajstić information content (AvgIpc) is 2.53. The summed E-state index contributed by atoms with van der Waals surface area (Å²) in [4.78, 5) is 14.1. The van der Waals surface area contributed by atoms with E-state index in [1.807, 2.05) is 0 Å². The van der Waals surface area contributed by atoms with Crippen LogP contribution in [0.25, 0.3) is 0 Å². The third kappa shape index (κ3) is 2.77. The zero-order chi connectivity index (χ0) is 9.68. The Bertz CT molecular complexity index is 283. The van der Waals surface area contributed by atoms with Crippen molar-refractivity contribution < 1.29 is 14.3 Å². The molecule has 2 N–H and O–H groups in total. The van der Waals surface area contributed by atoms with Crippen LogP contribution in [0.3, 0.4) is 0 Å². The molecule has 0 aliphatic rings. The molecule has 5 heteroatoms. The van der Waals surface area contributed by atoms with Gasteiger partial charge in [-0.1, -0.05) is 13.3 Å². The van der Waals surface area contributed by atoms with E-state index >= 15 is 0 Å². The average molecular weight is 184 g/mol. The normalized spacial score (nSPS) is 9.92. The molecule has 72 valence electrons. The molecule has 0 saturated carbocycles. The Hall–Kier alpha value is -1.52. The SMILES string of the molecule is CCCCNc1nc(C(=O)O)co1. The minimum absolute atomic E-state index is 0.0704. The second kappa shape index (κ2) is 4.49. The predicted molar refractivity (Wildman–Crippen MR) is 46.9 cm³/mol. The van der Waals surface area contributed by atoms with Gasteiger partial charge in [0, 0.05) is 6.54 Å². The summed E-state index contributed by atoms with van der Waals surface area (Å²) in [6, 6.07) is 0.269. The first-order valence-corrected chi connectivity index (χ1v) is 4.16. The molecule has 5 nitrogen and oxygen atoms in total. The number of carboxylic acids is 1. The molecular weight excluding hydrogens is 172 g/mol. The van der Waals surface area contributed by atoms with Gasteiger partial charge in [0.1, 0.15) is 6.26 Å². The third-order valence-corrected chi connectivity index (χ3v) is 1.53. The van der Waals surface area contributed by atoms with E-state index in [-0.39, 0.29) is 11.7 Å². The van der Waals surface area contributed by atoms with Gasteiger partial charge in [-0.25, -0.2) is 4.79 Å². The fraction of sp³-hybridized carbons (Fsp3) is 0.500. The highest BCUT2D eigenvalue weighted by Gasteiger charge is 2.08. The predicted octanol–water partition coefficient (Wildman–Crippen LogP) is 1.58. The van der Waals surface area contributed by atoms with Gasteiger partial charge >= 0.3 is 5.97 Å². The highest BCUT2D eigenvalue weighted by atomic mass is 16.4. The molecule has 0 atom stereocenters. The van der Waals surface area contributed by atoms with E-state index in [0.717, 1.165) is 25.6 Å². The van der Waals surface area contributed by atoms with Gasteiger partial charge in [-0.05, 0) is 6.42 Å². The fourth-order valence-electron chi connectivity index (χ4n) is 0.825. The lowest BCUT2D eigenvalue weighted by molar-refractivity contribution is 0.0690. The van der Waals surface area contributed by atoms with E-state index in [4.69, 9.17) is 9.52 Å². The van der Waals surface area contributed by atoms with E-state index in [1.54, 1.807) is 0 Å². The third-order valence-electron chi connectivity index (χ3n) is 1.53. The molecule has 0 unspecified atom stereocenters. The van der Waals surface area contributed by atoms with Crippen LogP contribution in [-0.2, 0) is 0 Å². The number of rotatable bonds is 5. The maximum atomic E-state index is 10.4. The quantitative estimate of drug-likeness (QED) is 0.679. The minimum atomic E-state index is -1.08. The van der Waals surface area contributed by atoms with Crippen LogP contribution in [-0.4, -0.2) is 22.6 Å². The number of aromatic nitrogens is 1. The Morgan fingerprint density at radius 2 is 2.54 bits per heavy atom. The molecule has 0 saturated heterocycles. The van der Waals surface area contributed by atoms with Gasteiger partial charge in [-0.2, -0.15) is 4.98 Å². The topological polar surface area (TPSA) is 75.4 Å². The largest absolute Gasteiger partial charge is 0.476 e. The standard InChI is InChI=1S/C8H12N2O3/c1-2-3-4-9-8-10-6(5-13-8)7(11)12/h5H,2-4H2,1H3,(H,9,10)(H,11,12). The molecule has 0 fully saturated rings. The Labute approximate surface area is 75.8 Å². The van der Waals surface area contributed by atoms with Crippen molar-refractivity contribution in [2.45, 2.75) is 19.8 Å². The van der Waals surface area contributed by atoms with Crippen molar-refractivity contribution in [2.24, 2.45) is 0 Å². The number of nitrogens with zero attached hydrogens (tertiary/aromatic N) is 1. The zero-order valence-corrected chi connectivity index (χ0v) is 7.41. The summed E-state index contributed by atoms with van der Waals surface area (Å²) in [5.41, 5.74) is -0.0704. The van der Waals surface area contributed by atoms with Gasteiger partial charge in [0.05, 0.1) is 0 Å². The number of carbonyl (C=O) groups is 1. The summed E-state index contributed by atoms with van der Waals surface area (Å²) < 4.78 is 4.87. The number of hydrogen-bond donors (Lipinski definition) is 2. The van der Waals surface area contributed by atoms with Crippen molar-refractivity contribution in [2.75, 3.05) is 11.9 Å². The van der Waals surface area contributed by atoms with Crippen LogP contribution in [0.15, 0.2) is 10.7 Å². The van der Waals surface area contributed by atoms with Crippen LogP contribution in [0.5, 0.6) is 0 Å². The van der Waals surface area contributed by atoms with Crippen LogP contribution >= 0.6 is 0 Å². The van der Waals surface area contributed by atoms with Crippen molar-refractivity contribution in [1.82, 2.24) is 4.98 Å². The smallest absolute Gasteiger partial charge is 0.357 e. The first kappa shape index (κ1) is 9.57. The molecule has 0 aromatic carbocycles. The van der Waals surface area contributed by atoms with Crippen molar-refractivity contribution >= 4 is 12.0 Å². The second-order valence-electron chi connectivity index (χ2n) is 2.62. The second-order valence-corrected chi connectivity index (χ2v) is 2.62. The van der Waals surface area contributed by atoms with Crippen molar-refractivity contribution in [3.05, 3.63) is 12.0 Å². The van der Waals surface area contributed by atoms with Gasteiger partial charge in [-0.15, -0.1) is 0 Å². The van der Waals surface area contributed by atoms with E-state index in [2.05, 4.69) is 17.2 Å². The number of anilines is 1. The summed E-state index contributed by atoms with van der Waals surface area (Å²) >= 11 is 0. The molecule has 1 aromatic rings. The molecule has 0 spiro atoms. The summed E-state index contributed by atoms with van der Waals surface area (Å²) in [5.74, 6) is -1.08. The molecule has 1 heterocycles. The molecule has 1 rings (SSSR count). The number of oxazole rings is 1. The van der Waals surface area contributed by atoms with E-state index in [1.165, 1.54) is 0 Å². The monoisotopic (exact) mass is 184 g/mol. The minimum Gasteiger partial charge on any atom is -0.476 e. The Morgan fingerprint density at radius 1 is 1.77 bits per heavy atom. The lowest BCUT2D eigenvalue weighted by Crippen LogP contribution is -2.02. The van der Waals surface area contributed by atoms with Crippen LogP contribution < -0.4 is 5.32 Å². The molecule has 0 bridgehead atoms. The van der Waals surface area contributed by atoms with E-state index < -0.39 is 5.97 Å². The first-order valence-electron chi connectivity index (χ1n) is 4.16. The van der Waals surface area contributed by atoms with Gasteiger partial charge < -0.3 is 14.8 Å². The number of carboxylic acid groups (broad SMARTS) is 1. The summed E-state index contributed by atoms with van der Waals surface area (Å²) in [7, 11) is 0. The highest BCUT2D eigenvalue weighted by Crippen LogP contribution is 2.07. The maximum absolute atomic E-state index is 10.4. The molecule has 0 aliphatic carbocycles. The number of unbranched alkanes of at least 4 members (excludes halogenated alkanes) is 1. The van der Waals surface area contributed by atoms with Crippen LogP contribution in [0.4, 0.5) is 6.01 Å². The molecule has 13 heavy (non-hydrogen) atoms. The molecule has 0 radical (unpaired) electrons. The number of nitrogens with one attached hydrogen (secondary N) is 1. The van der Waals surface area contributed by atoms with Crippen LogP contribution in [0, 0.1) is 0 Å². The fourth-order valence-corrected chi connectivity index (χ4v) is 0.825. The Morgan fingerprint density at radius 3 is 3.08 bits per heavy atom. The zero-order valence-electron chi connectivity index (χ0n) is 7.41. The Kier molecular flexibility index (Phi) is 3.31. The maximum Gasteiger partial charge on any atom is 0.357 e. The lowest BCUT2D eigenvalue weighted by Gasteiger charge is -1.97. The van der Waals surface area contributed by atoms with Gasteiger partial charge in [0.25, 0.3) is 6.01 Å². The molecule has 0 amide bonds. The number of hydrogen-bond acceptors (Lipinski definition) is 4. The summed E-state index contributed by atoms with van der Waals surface area (Å²) in [6.45, 7) is 2.82. The molecule has 1 aromatic heterocycles. The van der Waals surface area contributed by atoms with Gasteiger partial charge in [0.2, 0.25) is 0 Å². The van der Waals surface area contributed by atoms with E-state index in [0.29, 0.717) is 0 Å². The van der Waals surface area contributed by atoms with Gasteiger partial charge in [0.15, 0.2) is 5.69 Å². The van der Waals surface area contributed by atoms with Crippen LogP contribution in [0.1, 0.15) is 30.3 Å². The first-order chi connectivity index (χ1) is 6.24. The highest BCUT2D eigenvalue weighted by molar-refractivity contribution is 5.85. The van der Waals surface area contributed by atoms with Crippen molar-refractivity contribution in [3.63, 3.8) is 0 Å². The summed E-state index contributed by atoms with van der Waals surface area (Å²) in [5, 5.41) is 11.4. The Balaban J connectivity index is 2.44. The lowest BCUT2D eigenvalue weighted by atomic mass is 10.3. The van der Waals surface area contributed by atoms with Crippen molar-refractivity contribution in [3.8, 4) is 0 Å². The van der Waals surface area contributed by atoms with Gasteiger partial charge in [-0.3, -0.25) is 0 Å². The molecule has 0 aliphatic heterocycles. The van der Waals surface area contributed by atoms with Crippen molar-refractivity contribution in [1.29, 1.82) is 0 Å². The number of aromatic carboxylic acids is 1. The summed E-state index contributed by atoms with van der Waals surface area (Å²) in [6.07, 6.45) is 3.20. The van der Waals surface area contributed by atoms with E-state index in [9.17, 15) is 4.79 Å².